The molecule has 2 rings (SSSR count). The van der Waals surface area contributed by atoms with Gasteiger partial charge >= 0.3 is 0 Å². The standard InChI is InChI=1S/C16H22/c1-3-4-7-13(2)15-11-10-14-8-5-6-9-16(14)12-15/h3-4,10-13H,5-9H2,1-2H3/b4-3-. The summed E-state index contributed by atoms with van der Waals surface area (Å²) >= 11 is 0. The predicted molar refractivity (Wildman–Crippen MR) is 70.9 cm³/mol. The van der Waals surface area contributed by atoms with Crippen LogP contribution in [0, 0.1) is 0 Å². The first-order valence-electron chi connectivity index (χ1n) is 6.54. The van der Waals surface area contributed by atoms with Crippen LogP contribution in [0.25, 0.3) is 0 Å². The van der Waals surface area contributed by atoms with Crippen molar-refractivity contribution in [1.29, 1.82) is 0 Å². The third kappa shape index (κ3) is 2.55. The van der Waals surface area contributed by atoms with Gasteiger partial charge in [0.05, 0.1) is 0 Å². The first-order chi connectivity index (χ1) is 7.81. The molecule has 0 spiro atoms. The number of hydrogen-bond acceptors (Lipinski definition) is 0. The maximum atomic E-state index is 2.45. The van der Waals surface area contributed by atoms with Crippen molar-refractivity contribution in [3.8, 4) is 0 Å². The molecule has 0 bridgehead atoms. The lowest BCUT2D eigenvalue weighted by molar-refractivity contribution is 0.680. The van der Waals surface area contributed by atoms with Crippen LogP contribution in [-0.4, -0.2) is 0 Å². The normalized spacial score (nSPS) is 17.4. The second-order valence-electron chi connectivity index (χ2n) is 4.94. The lowest BCUT2D eigenvalue weighted by atomic mass is 9.87. The molecule has 0 heteroatoms. The Labute approximate surface area is 99.4 Å². The summed E-state index contributed by atoms with van der Waals surface area (Å²) in [6, 6.07) is 7.14. The highest BCUT2D eigenvalue weighted by Gasteiger charge is 2.11. The zero-order valence-electron chi connectivity index (χ0n) is 10.5. The van der Waals surface area contributed by atoms with Crippen molar-refractivity contribution in [2.45, 2.75) is 51.9 Å². The van der Waals surface area contributed by atoms with Gasteiger partial charge in [0.15, 0.2) is 0 Å². The van der Waals surface area contributed by atoms with Crippen LogP contribution in [0.1, 0.15) is 55.7 Å². The quantitative estimate of drug-likeness (QED) is 0.643. The van der Waals surface area contributed by atoms with Gasteiger partial charge in [0.25, 0.3) is 0 Å². The average molecular weight is 214 g/mol. The van der Waals surface area contributed by atoms with E-state index in [4.69, 9.17) is 0 Å². The Morgan fingerprint density at radius 3 is 2.69 bits per heavy atom. The molecule has 0 heterocycles. The van der Waals surface area contributed by atoms with Crippen molar-refractivity contribution >= 4 is 0 Å². The van der Waals surface area contributed by atoms with Gasteiger partial charge in [0, 0.05) is 0 Å². The molecule has 1 aromatic carbocycles. The van der Waals surface area contributed by atoms with Crippen LogP contribution in [-0.2, 0) is 12.8 Å². The Bertz CT molecular complexity index is 374. The van der Waals surface area contributed by atoms with Gasteiger partial charge in [-0.05, 0) is 61.6 Å². The van der Waals surface area contributed by atoms with Gasteiger partial charge in [0.1, 0.15) is 0 Å². The molecule has 1 unspecified atom stereocenters. The molecule has 0 fully saturated rings. The second kappa shape index (κ2) is 5.34. The molecule has 1 atom stereocenters. The summed E-state index contributed by atoms with van der Waals surface area (Å²) in [7, 11) is 0. The summed E-state index contributed by atoms with van der Waals surface area (Å²) < 4.78 is 0. The van der Waals surface area contributed by atoms with Crippen LogP contribution in [0.3, 0.4) is 0 Å². The van der Waals surface area contributed by atoms with E-state index < -0.39 is 0 Å². The number of benzene rings is 1. The minimum absolute atomic E-state index is 0.656. The number of aryl methyl sites for hydroxylation is 2. The molecule has 0 aliphatic heterocycles. The molecule has 0 nitrogen and oxygen atoms in total. The third-order valence-electron chi connectivity index (χ3n) is 3.67. The first kappa shape index (κ1) is 11.4. The lowest BCUT2D eigenvalue weighted by Gasteiger charge is -2.18. The van der Waals surface area contributed by atoms with Gasteiger partial charge < -0.3 is 0 Å². The van der Waals surface area contributed by atoms with E-state index in [9.17, 15) is 0 Å². The Kier molecular flexibility index (Phi) is 3.82. The molecule has 0 N–H and O–H groups in total. The maximum Gasteiger partial charge on any atom is -0.0156 e. The van der Waals surface area contributed by atoms with E-state index in [1.807, 2.05) is 0 Å². The first-order valence-corrected chi connectivity index (χ1v) is 6.54. The smallest absolute Gasteiger partial charge is 0.0156 e. The Hall–Kier alpha value is -1.04. The molecular formula is C16H22. The van der Waals surface area contributed by atoms with Gasteiger partial charge in [-0.2, -0.15) is 0 Å². The van der Waals surface area contributed by atoms with Crippen molar-refractivity contribution in [2.75, 3.05) is 0 Å². The lowest BCUT2D eigenvalue weighted by Crippen LogP contribution is -2.04. The van der Waals surface area contributed by atoms with E-state index in [0.29, 0.717) is 5.92 Å². The molecule has 16 heavy (non-hydrogen) atoms. The van der Waals surface area contributed by atoms with E-state index in [2.05, 4.69) is 44.2 Å². The van der Waals surface area contributed by atoms with Crippen LogP contribution in [0.15, 0.2) is 30.4 Å². The summed E-state index contributed by atoms with van der Waals surface area (Å²) in [5.74, 6) is 0.656. The Balaban J connectivity index is 2.16. The van der Waals surface area contributed by atoms with Crippen LogP contribution >= 0.6 is 0 Å². The molecule has 1 aliphatic rings. The van der Waals surface area contributed by atoms with Crippen molar-refractivity contribution in [3.05, 3.63) is 47.0 Å². The van der Waals surface area contributed by atoms with Crippen LogP contribution in [0.5, 0.6) is 0 Å². The minimum Gasteiger partial charge on any atom is -0.0916 e. The third-order valence-corrected chi connectivity index (χ3v) is 3.67. The molecule has 0 aromatic heterocycles. The highest BCUT2D eigenvalue weighted by molar-refractivity contribution is 5.35. The van der Waals surface area contributed by atoms with Crippen molar-refractivity contribution in [1.82, 2.24) is 0 Å². The number of hydrogen-bond donors (Lipinski definition) is 0. The molecular weight excluding hydrogens is 192 g/mol. The summed E-state index contributed by atoms with van der Waals surface area (Å²) in [5, 5.41) is 0. The van der Waals surface area contributed by atoms with Gasteiger partial charge in [0.2, 0.25) is 0 Å². The van der Waals surface area contributed by atoms with E-state index in [0.717, 1.165) is 6.42 Å². The molecule has 0 radical (unpaired) electrons. The number of allylic oxidation sites excluding steroid dienone is 2. The second-order valence-corrected chi connectivity index (χ2v) is 4.94. The molecule has 86 valence electrons. The monoisotopic (exact) mass is 214 g/mol. The molecule has 0 saturated heterocycles. The SMILES string of the molecule is C/C=C\CC(C)c1ccc2c(c1)CCCC2. The highest BCUT2D eigenvalue weighted by atomic mass is 14.2. The fraction of sp³-hybridized carbons (Fsp3) is 0.500. The average Bonchev–Trinajstić information content (AvgIpc) is 2.35. The number of fused-ring (bicyclic) bond motifs is 1. The highest BCUT2D eigenvalue weighted by Crippen LogP contribution is 2.27. The largest absolute Gasteiger partial charge is 0.0916 e. The van der Waals surface area contributed by atoms with E-state index in [1.165, 1.54) is 31.2 Å². The fourth-order valence-corrected chi connectivity index (χ4v) is 2.54. The summed E-state index contributed by atoms with van der Waals surface area (Å²) in [6.45, 7) is 4.42. The Morgan fingerprint density at radius 2 is 1.94 bits per heavy atom. The zero-order valence-corrected chi connectivity index (χ0v) is 10.5. The van der Waals surface area contributed by atoms with Gasteiger partial charge in [-0.1, -0.05) is 37.3 Å². The molecule has 0 saturated carbocycles. The van der Waals surface area contributed by atoms with Gasteiger partial charge in [-0.25, -0.2) is 0 Å². The summed E-state index contributed by atoms with van der Waals surface area (Å²) in [5.41, 5.74) is 4.71. The summed E-state index contributed by atoms with van der Waals surface area (Å²) in [6.07, 6.45) is 10.9. The minimum atomic E-state index is 0.656. The van der Waals surface area contributed by atoms with E-state index in [1.54, 1.807) is 11.1 Å². The van der Waals surface area contributed by atoms with Crippen LogP contribution in [0.2, 0.25) is 0 Å². The fourth-order valence-electron chi connectivity index (χ4n) is 2.54. The summed E-state index contributed by atoms with van der Waals surface area (Å²) in [4.78, 5) is 0. The van der Waals surface area contributed by atoms with Crippen molar-refractivity contribution in [3.63, 3.8) is 0 Å². The number of rotatable bonds is 3. The topological polar surface area (TPSA) is 0 Å². The van der Waals surface area contributed by atoms with E-state index >= 15 is 0 Å². The zero-order chi connectivity index (χ0) is 11.4. The van der Waals surface area contributed by atoms with Crippen LogP contribution < -0.4 is 0 Å². The van der Waals surface area contributed by atoms with Crippen molar-refractivity contribution < 1.29 is 0 Å². The van der Waals surface area contributed by atoms with Crippen LogP contribution in [0.4, 0.5) is 0 Å². The van der Waals surface area contributed by atoms with E-state index in [-0.39, 0.29) is 0 Å². The predicted octanol–water partition coefficient (Wildman–Crippen LogP) is 4.64. The van der Waals surface area contributed by atoms with Crippen molar-refractivity contribution in [2.24, 2.45) is 0 Å². The molecule has 1 aliphatic carbocycles. The Morgan fingerprint density at radius 1 is 1.19 bits per heavy atom. The maximum absolute atomic E-state index is 2.45. The molecule has 1 aromatic rings. The van der Waals surface area contributed by atoms with Gasteiger partial charge in [-0.3, -0.25) is 0 Å². The van der Waals surface area contributed by atoms with Gasteiger partial charge in [-0.15, -0.1) is 0 Å². The molecule has 0 amide bonds.